The summed E-state index contributed by atoms with van der Waals surface area (Å²) in [4.78, 5) is 11.7. The molecular formula is C16H18N2O3. The van der Waals surface area contributed by atoms with Gasteiger partial charge >= 0.3 is 6.03 Å². The van der Waals surface area contributed by atoms with Crippen LogP contribution in [0.1, 0.15) is 5.56 Å². The van der Waals surface area contributed by atoms with Crippen molar-refractivity contribution in [3.8, 4) is 11.5 Å². The summed E-state index contributed by atoms with van der Waals surface area (Å²) in [6, 6.07) is 13.9. The first kappa shape index (κ1) is 14.7. The maximum atomic E-state index is 11.7. The Morgan fingerprint density at radius 3 is 2.67 bits per heavy atom. The van der Waals surface area contributed by atoms with Gasteiger partial charge in [0.1, 0.15) is 18.1 Å². The van der Waals surface area contributed by atoms with Crippen LogP contribution in [0.15, 0.2) is 48.5 Å². The Morgan fingerprint density at radius 1 is 1.19 bits per heavy atom. The first-order valence-corrected chi connectivity index (χ1v) is 6.67. The van der Waals surface area contributed by atoms with E-state index < -0.39 is 0 Å². The van der Waals surface area contributed by atoms with E-state index in [1.807, 2.05) is 37.3 Å². The number of hydrogen-bond donors (Lipinski definition) is 3. The molecule has 0 spiro atoms. The van der Waals surface area contributed by atoms with E-state index in [4.69, 9.17) is 4.74 Å². The van der Waals surface area contributed by atoms with Crippen LogP contribution in [0.5, 0.6) is 11.5 Å². The van der Waals surface area contributed by atoms with Crippen LogP contribution in [-0.4, -0.2) is 24.3 Å². The van der Waals surface area contributed by atoms with Crippen LogP contribution in [0.2, 0.25) is 0 Å². The minimum absolute atomic E-state index is 0.176. The number of hydrogen-bond acceptors (Lipinski definition) is 3. The SMILES string of the molecule is Cc1cc(O)ccc1NC(=O)NCCOc1ccccc1. The van der Waals surface area contributed by atoms with Crippen molar-refractivity contribution in [1.82, 2.24) is 5.32 Å². The number of phenols is 1. The molecule has 2 aromatic rings. The first-order valence-electron chi connectivity index (χ1n) is 6.67. The van der Waals surface area contributed by atoms with E-state index in [0.29, 0.717) is 18.8 Å². The van der Waals surface area contributed by atoms with Crippen molar-refractivity contribution in [2.75, 3.05) is 18.5 Å². The van der Waals surface area contributed by atoms with Crippen LogP contribution in [-0.2, 0) is 0 Å². The van der Waals surface area contributed by atoms with Crippen molar-refractivity contribution < 1.29 is 14.6 Å². The van der Waals surface area contributed by atoms with Gasteiger partial charge in [-0.25, -0.2) is 4.79 Å². The molecule has 0 fully saturated rings. The molecule has 5 nitrogen and oxygen atoms in total. The second kappa shape index (κ2) is 7.19. The smallest absolute Gasteiger partial charge is 0.319 e. The molecule has 21 heavy (non-hydrogen) atoms. The summed E-state index contributed by atoms with van der Waals surface area (Å²) in [7, 11) is 0. The molecular weight excluding hydrogens is 268 g/mol. The normalized spacial score (nSPS) is 9.95. The van der Waals surface area contributed by atoms with Gasteiger partial charge in [-0.2, -0.15) is 0 Å². The van der Waals surface area contributed by atoms with E-state index in [2.05, 4.69) is 10.6 Å². The number of aryl methyl sites for hydroxylation is 1. The molecule has 3 N–H and O–H groups in total. The molecule has 0 aliphatic rings. The largest absolute Gasteiger partial charge is 0.508 e. The topological polar surface area (TPSA) is 70.6 Å². The van der Waals surface area contributed by atoms with Gasteiger partial charge in [0.05, 0.1) is 6.54 Å². The first-order chi connectivity index (χ1) is 10.1. The molecule has 2 rings (SSSR count). The highest BCUT2D eigenvalue weighted by atomic mass is 16.5. The zero-order chi connectivity index (χ0) is 15.1. The Labute approximate surface area is 123 Å². The van der Waals surface area contributed by atoms with E-state index >= 15 is 0 Å². The second-order valence-electron chi connectivity index (χ2n) is 4.54. The molecule has 0 saturated carbocycles. The maximum Gasteiger partial charge on any atom is 0.319 e. The fourth-order valence-electron chi connectivity index (χ4n) is 1.80. The van der Waals surface area contributed by atoms with Crippen LogP contribution in [0.4, 0.5) is 10.5 Å². The number of phenolic OH excluding ortho intramolecular Hbond substituents is 1. The van der Waals surface area contributed by atoms with Gasteiger partial charge in [0.2, 0.25) is 0 Å². The molecule has 0 aliphatic heterocycles. The molecule has 0 radical (unpaired) electrons. The highest BCUT2D eigenvalue weighted by Gasteiger charge is 2.04. The number of carbonyl (C=O) groups is 1. The fourth-order valence-corrected chi connectivity index (χ4v) is 1.80. The predicted octanol–water partition coefficient (Wildman–Crippen LogP) is 2.90. The molecule has 0 atom stereocenters. The number of nitrogens with one attached hydrogen (secondary N) is 2. The molecule has 0 bridgehead atoms. The standard InChI is InChI=1S/C16H18N2O3/c1-12-11-13(19)7-8-15(12)18-16(20)17-9-10-21-14-5-3-2-4-6-14/h2-8,11,19H,9-10H2,1H3,(H2,17,18,20). The molecule has 0 unspecified atom stereocenters. The van der Waals surface area contributed by atoms with Crippen LogP contribution in [0.3, 0.4) is 0 Å². The average Bonchev–Trinajstić information content (AvgIpc) is 2.48. The predicted molar refractivity (Wildman–Crippen MR) is 81.8 cm³/mol. The third-order valence-electron chi connectivity index (χ3n) is 2.86. The number of amides is 2. The van der Waals surface area contributed by atoms with Crippen LogP contribution < -0.4 is 15.4 Å². The molecule has 0 saturated heterocycles. The van der Waals surface area contributed by atoms with Gasteiger partial charge in [-0.3, -0.25) is 0 Å². The van der Waals surface area contributed by atoms with Crippen molar-refractivity contribution in [3.63, 3.8) is 0 Å². The van der Waals surface area contributed by atoms with Gasteiger partial charge in [-0.15, -0.1) is 0 Å². The lowest BCUT2D eigenvalue weighted by Gasteiger charge is -2.10. The molecule has 5 heteroatoms. The minimum atomic E-state index is -0.305. The number of anilines is 1. The Bertz CT molecular complexity index is 600. The summed E-state index contributed by atoms with van der Waals surface area (Å²) in [5.41, 5.74) is 1.46. The zero-order valence-corrected chi connectivity index (χ0v) is 11.8. The number of aromatic hydroxyl groups is 1. The van der Waals surface area contributed by atoms with Gasteiger partial charge in [-0.05, 0) is 42.8 Å². The third-order valence-corrected chi connectivity index (χ3v) is 2.86. The number of para-hydroxylation sites is 1. The van der Waals surface area contributed by atoms with Crippen molar-refractivity contribution >= 4 is 11.7 Å². The van der Waals surface area contributed by atoms with Gasteiger partial charge in [0.25, 0.3) is 0 Å². The van der Waals surface area contributed by atoms with E-state index in [1.54, 1.807) is 12.1 Å². The summed E-state index contributed by atoms with van der Waals surface area (Å²) in [5.74, 6) is 0.948. The molecule has 0 aromatic heterocycles. The summed E-state index contributed by atoms with van der Waals surface area (Å²) in [6.07, 6.45) is 0. The van der Waals surface area contributed by atoms with Crippen LogP contribution in [0, 0.1) is 6.92 Å². The fraction of sp³-hybridized carbons (Fsp3) is 0.188. The van der Waals surface area contributed by atoms with Gasteiger partial charge in [0.15, 0.2) is 0 Å². The lowest BCUT2D eigenvalue weighted by molar-refractivity contribution is 0.247. The Balaban J connectivity index is 1.72. The molecule has 110 valence electrons. The van der Waals surface area contributed by atoms with Crippen molar-refractivity contribution in [2.45, 2.75) is 6.92 Å². The molecule has 2 amide bonds. The Hall–Kier alpha value is -2.69. The zero-order valence-electron chi connectivity index (χ0n) is 11.8. The number of urea groups is 1. The summed E-state index contributed by atoms with van der Waals surface area (Å²) in [6.45, 7) is 2.61. The maximum absolute atomic E-state index is 11.7. The molecule has 0 heterocycles. The molecule has 0 aliphatic carbocycles. The average molecular weight is 286 g/mol. The number of ether oxygens (including phenoxy) is 1. The summed E-state index contributed by atoms with van der Waals surface area (Å²) >= 11 is 0. The highest BCUT2D eigenvalue weighted by molar-refractivity contribution is 5.90. The van der Waals surface area contributed by atoms with Gasteiger partial charge < -0.3 is 20.5 Å². The van der Waals surface area contributed by atoms with Gasteiger partial charge in [-0.1, -0.05) is 18.2 Å². The summed E-state index contributed by atoms with van der Waals surface area (Å²) < 4.78 is 5.47. The van der Waals surface area contributed by atoms with Crippen molar-refractivity contribution in [3.05, 3.63) is 54.1 Å². The number of carbonyl (C=O) groups excluding carboxylic acids is 1. The van der Waals surface area contributed by atoms with E-state index in [-0.39, 0.29) is 11.8 Å². The number of rotatable bonds is 5. The minimum Gasteiger partial charge on any atom is -0.508 e. The lowest BCUT2D eigenvalue weighted by Crippen LogP contribution is -2.32. The second-order valence-corrected chi connectivity index (χ2v) is 4.54. The Kier molecular flexibility index (Phi) is 5.04. The third kappa shape index (κ3) is 4.72. The monoisotopic (exact) mass is 286 g/mol. The Morgan fingerprint density at radius 2 is 1.95 bits per heavy atom. The van der Waals surface area contributed by atoms with Crippen molar-refractivity contribution in [2.24, 2.45) is 0 Å². The van der Waals surface area contributed by atoms with E-state index in [1.165, 1.54) is 6.07 Å². The lowest BCUT2D eigenvalue weighted by atomic mass is 10.2. The van der Waals surface area contributed by atoms with Gasteiger partial charge in [0, 0.05) is 5.69 Å². The number of benzene rings is 2. The van der Waals surface area contributed by atoms with Crippen LogP contribution >= 0.6 is 0 Å². The van der Waals surface area contributed by atoms with E-state index in [9.17, 15) is 9.90 Å². The quantitative estimate of drug-likeness (QED) is 0.584. The molecule has 2 aromatic carbocycles. The highest BCUT2D eigenvalue weighted by Crippen LogP contribution is 2.19. The van der Waals surface area contributed by atoms with Crippen LogP contribution in [0.25, 0.3) is 0 Å². The van der Waals surface area contributed by atoms with E-state index in [0.717, 1.165) is 11.3 Å². The summed E-state index contributed by atoms with van der Waals surface area (Å²) in [5, 5.41) is 14.7. The van der Waals surface area contributed by atoms with Crippen molar-refractivity contribution in [1.29, 1.82) is 0 Å².